The summed E-state index contributed by atoms with van der Waals surface area (Å²) in [4.78, 5) is 14.1. The monoisotopic (exact) mass is 721 g/mol. The Morgan fingerprint density at radius 3 is 1.11 bits per heavy atom. The van der Waals surface area contributed by atoms with Gasteiger partial charge in [-0.2, -0.15) is 0 Å². The molecule has 0 N–H and O–H groups in total. The van der Waals surface area contributed by atoms with E-state index in [-0.39, 0.29) is 11.6 Å². The minimum atomic E-state index is -3.36. The van der Waals surface area contributed by atoms with E-state index in [9.17, 15) is 8.78 Å². The number of aromatic nitrogens is 3. The van der Waals surface area contributed by atoms with Crippen LogP contribution in [0.25, 0.3) is 66.8 Å². The number of nitrogens with zero attached hydrogens (tertiary/aromatic N) is 3. The van der Waals surface area contributed by atoms with Crippen molar-refractivity contribution in [3.8, 4) is 45.3 Å². The van der Waals surface area contributed by atoms with Gasteiger partial charge in [-0.3, -0.25) is 0 Å². The highest BCUT2D eigenvalue weighted by atomic mass is 31.2. The van der Waals surface area contributed by atoms with Crippen molar-refractivity contribution in [2.45, 2.75) is 0 Å². The van der Waals surface area contributed by atoms with Gasteiger partial charge in [0.2, 0.25) is 0 Å². The second-order valence-corrected chi connectivity index (χ2v) is 15.7. The van der Waals surface area contributed by atoms with Gasteiger partial charge in [0, 0.05) is 32.6 Å². The minimum absolute atomic E-state index is 0.361. The molecule has 7 heteroatoms. The second kappa shape index (κ2) is 13.7. The molecule has 4 nitrogen and oxygen atoms in total. The van der Waals surface area contributed by atoms with Crippen LogP contribution in [-0.2, 0) is 4.57 Å². The summed E-state index contributed by atoms with van der Waals surface area (Å²) < 4.78 is 43.4. The molecule has 0 radical (unpaired) electrons. The highest BCUT2D eigenvalue weighted by Crippen LogP contribution is 2.46. The largest absolute Gasteiger partial charge is 0.309 e. The number of hydrogen-bond acceptors (Lipinski definition) is 4. The van der Waals surface area contributed by atoms with Crippen molar-refractivity contribution in [3.63, 3.8) is 0 Å². The first-order valence-corrected chi connectivity index (χ1v) is 19.2. The summed E-state index contributed by atoms with van der Waals surface area (Å²) in [7, 11) is -3.36. The Hall–Kier alpha value is -6.62. The van der Waals surface area contributed by atoms with E-state index in [1.54, 1.807) is 24.3 Å². The summed E-state index contributed by atoms with van der Waals surface area (Å²) in [5, 5.41) is 6.40. The molecule has 0 atom stereocenters. The predicted molar refractivity (Wildman–Crippen MR) is 216 cm³/mol. The zero-order valence-electron chi connectivity index (χ0n) is 28.8. The average molecular weight is 722 g/mol. The maximum Gasteiger partial charge on any atom is 0.172 e. The zero-order valence-corrected chi connectivity index (χ0v) is 29.7. The van der Waals surface area contributed by atoms with E-state index < -0.39 is 7.14 Å². The molecule has 0 aliphatic heterocycles. The van der Waals surface area contributed by atoms with Crippen LogP contribution in [0.4, 0.5) is 8.78 Å². The summed E-state index contributed by atoms with van der Waals surface area (Å²) in [6.07, 6.45) is 0. The molecule has 9 rings (SSSR count). The molecular weight excluding hydrogens is 692 g/mol. The number of halogens is 2. The van der Waals surface area contributed by atoms with Crippen LogP contribution < -0.4 is 15.9 Å². The molecule has 9 aromatic rings. The molecule has 54 heavy (non-hydrogen) atoms. The smallest absolute Gasteiger partial charge is 0.172 e. The normalized spacial score (nSPS) is 11.6. The highest BCUT2D eigenvalue weighted by molar-refractivity contribution is 7.86. The Bertz CT molecular complexity index is 2700. The Labute approximate surface area is 310 Å². The molecule has 0 fully saturated rings. The lowest BCUT2D eigenvalue weighted by atomic mass is 10.0. The Morgan fingerprint density at radius 2 is 0.685 bits per heavy atom. The molecule has 0 saturated carbocycles. The lowest BCUT2D eigenvalue weighted by Crippen LogP contribution is -2.26. The van der Waals surface area contributed by atoms with Gasteiger partial charge in [0.1, 0.15) is 11.6 Å². The quantitative estimate of drug-likeness (QED) is 0.154. The standard InChI is InChI=1S/C47H30F2N3OP/c48-38-25-19-36(20-26-38)46-50-45(51-47(52-46)37-21-27-39(49)28-22-37)35-17-15-31(16-18-35)32-23-29-40(30-24-32)54(53,43-13-5-9-33-7-1-3-11-41(33)43)44-14-6-10-34-8-2-4-12-42(34)44/h1-30H. The molecule has 1 aromatic heterocycles. The Morgan fingerprint density at radius 1 is 0.352 bits per heavy atom. The summed E-state index contributed by atoms with van der Waals surface area (Å²) >= 11 is 0. The molecule has 0 unspecified atom stereocenters. The zero-order chi connectivity index (χ0) is 36.6. The van der Waals surface area contributed by atoms with Gasteiger partial charge in [0.25, 0.3) is 0 Å². The highest BCUT2D eigenvalue weighted by Gasteiger charge is 2.33. The van der Waals surface area contributed by atoms with Crippen LogP contribution in [0.2, 0.25) is 0 Å². The first-order chi connectivity index (χ1) is 26.4. The van der Waals surface area contributed by atoms with Crippen molar-refractivity contribution in [3.05, 3.63) is 194 Å². The number of fused-ring (bicyclic) bond motifs is 2. The molecule has 258 valence electrons. The molecule has 0 spiro atoms. The van der Waals surface area contributed by atoms with Crippen LogP contribution in [0, 0.1) is 11.6 Å². The maximum absolute atomic E-state index is 15.9. The van der Waals surface area contributed by atoms with Crippen molar-refractivity contribution in [1.29, 1.82) is 0 Å². The number of hydrogen-bond donors (Lipinski definition) is 0. The first kappa shape index (κ1) is 33.2. The van der Waals surface area contributed by atoms with Gasteiger partial charge in [-0.05, 0) is 81.2 Å². The van der Waals surface area contributed by atoms with E-state index in [2.05, 4.69) is 41.4 Å². The molecule has 0 saturated heterocycles. The van der Waals surface area contributed by atoms with Crippen LogP contribution in [0.15, 0.2) is 182 Å². The Kier molecular flexibility index (Phi) is 8.45. The van der Waals surface area contributed by atoms with Gasteiger partial charge >= 0.3 is 0 Å². The average Bonchev–Trinajstić information content (AvgIpc) is 3.23. The third kappa shape index (κ3) is 6.07. The van der Waals surface area contributed by atoms with E-state index in [0.29, 0.717) is 28.6 Å². The number of benzene rings is 8. The van der Waals surface area contributed by atoms with E-state index >= 15 is 4.57 Å². The van der Waals surface area contributed by atoms with Crippen molar-refractivity contribution >= 4 is 44.6 Å². The molecular formula is C47H30F2N3OP. The van der Waals surface area contributed by atoms with E-state index in [4.69, 9.17) is 9.97 Å². The fraction of sp³-hybridized carbons (Fsp3) is 0. The summed E-state index contributed by atoms with van der Waals surface area (Å²) in [5.74, 6) is 0.457. The molecule has 0 aliphatic carbocycles. The molecule has 8 aromatic carbocycles. The van der Waals surface area contributed by atoms with Gasteiger partial charge < -0.3 is 4.57 Å². The van der Waals surface area contributed by atoms with Gasteiger partial charge in [-0.15, -0.1) is 0 Å². The summed E-state index contributed by atoms with van der Waals surface area (Å²) in [5.41, 5.74) is 3.93. The minimum Gasteiger partial charge on any atom is -0.309 e. The van der Waals surface area contributed by atoms with E-state index in [1.165, 1.54) is 24.3 Å². The van der Waals surface area contributed by atoms with E-state index in [1.807, 2.05) is 97.1 Å². The van der Waals surface area contributed by atoms with Crippen molar-refractivity contribution in [2.24, 2.45) is 0 Å². The summed E-state index contributed by atoms with van der Waals surface area (Å²) in [6, 6.07) is 56.2. The molecule has 0 bridgehead atoms. The first-order valence-electron chi connectivity index (χ1n) is 17.5. The van der Waals surface area contributed by atoms with Gasteiger partial charge in [-0.25, -0.2) is 23.7 Å². The van der Waals surface area contributed by atoms with Gasteiger partial charge in [0.15, 0.2) is 24.6 Å². The predicted octanol–water partition coefficient (Wildman–Crippen LogP) is 10.8. The lowest BCUT2D eigenvalue weighted by molar-refractivity contribution is 0.593. The third-order valence-electron chi connectivity index (χ3n) is 9.76. The van der Waals surface area contributed by atoms with Crippen LogP contribution in [-0.4, -0.2) is 15.0 Å². The van der Waals surface area contributed by atoms with Gasteiger partial charge in [-0.1, -0.05) is 133 Å². The Balaban J connectivity index is 1.11. The molecule has 0 amide bonds. The van der Waals surface area contributed by atoms with E-state index in [0.717, 1.165) is 54.1 Å². The van der Waals surface area contributed by atoms with Crippen LogP contribution in [0.1, 0.15) is 0 Å². The fourth-order valence-corrected chi connectivity index (χ4v) is 10.1. The third-order valence-corrected chi connectivity index (χ3v) is 12.9. The van der Waals surface area contributed by atoms with Gasteiger partial charge in [0.05, 0.1) is 0 Å². The van der Waals surface area contributed by atoms with Crippen LogP contribution >= 0.6 is 7.14 Å². The van der Waals surface area contributed by atoms with Crippen LogP contribution in [0.5, 0.6) is 0 Å². The summed E-state index contributed by atoms with van der Waals surface area (Å²) in [6.45, 7) is 0. The van der Waals surface area contributed by atoms with Crippen LogP contribution in [0.3, 0.4) is 0 Å². The molecule has 0 aliphatic rings. The SMILES string of the molecule is O=P(c1ccc(-c2ccc(-c3nc(-c4ccc(F)cc4)nc(-c4ccc(F)cc4)n3)cc2)cc1)(c1cccc2ccccc12)c1cccc2ccccc12. The van der Waals surface area contributed by atoms with Crippen molar-refractivity contribution in [2.75, 3.05) is 0 Å². The second-order valence-electron chi connectivity index (χ2n) is 13.1. The lowest BCUT2D eigenvalue weighted by Gasteiger charge is -2.23. The number of rotatable bonds is 7. The topological polar surface area (TPSA) is 55.7 Å². The molecule has 1 heterocycles. The maximum atomic E-state index is 15.9. The fourth-order valence-electron chi connectivity index (χ4n) is 7.01. The van der Waals surface area contributed by atoms with Crippen molar-refractivity contribution in [1.82, 2.24) is 15.0 Å². The van der Waals surface area contributed by atoms with Crippen molar-refractivity contribution < 1.29 is 13.3 Å².